The maximum absolute atomic E-state index is 14.8. The van der Waals surface area contributed by atoms with E-state index in [0.717, 1.165) is 6.07 Å². The summed E-state index contributed by atoms with van der Waals surface area (Å²) < 4.78 is 26.4. The fourth-order valence-electron chi connectivity index (χ4n) is 3.58. The first-order chi connectivity index (χ1) is 16.1. The van der Waals surface area contributed by atoms with Gasteiger partial charge in [-0.3, -0.25) is 4.79 Å². The van der Waals surface area contributed by atoms with Gasteiger partial charge in [-0.15, -0.1) is 0 Å². The van der Waals surface area contributed by atoms with Crippen LogP contribution in [0.4, 0.5) is 15.5 Å². The summed E-state index contributed by atoms with van der Waals surface area (Å²) in [6, 6.07) is 3.89. The number of nitrogens with zero attached hydrogens (tertiary/aromatic N) is 6. The number of halogens is 1. The van der Waals surface area contributed by atoms with E-state index >= 15 is 0 Å². The number of thiazole rings is 1. The molecule has 0 bridgehead atoms. The van der Waals surface area contributed by atoms with Crippen LogP contribution in [-0.2, 0) is 4.74 Å². The van der Waals surface area contributed by atoms with Crippen LogP contribution in [0.3, 0.4) is 0 Å². The van der Waals surface area contributed by atoms with Crippen LogP contribution in [0.5, 0.6) is 11.8 Å². The molecule has 1 fully saturated rings. The summed E-state index contributed by atoms with van der Waals surface area (Å²) in [5.41, 5.74) is 6.00. The number of nitrogens with two attached hydrogens (primary N) is 1. The Morgan fingerprint density at radius 2 is 2.03 bits per heavy atom. The van der Waals surface area contributed by atoms with Crippen LogP contribution in [0.1, 0.15) is 31.1 Å². The lowest BCUT2D eigenvalue weighted by atomic mass is 10.1. The first-order valence-corrected chi connectivity index (χ1v) is 11.5. The monoisotopic (exact) mass is 487 g/mol. The zero-order chi connectivity index (χ0) is 24.6. The number of rotatable bonds is 5. The van der Waals surface area contributed by atoms with Gasteiger partial charge in [0.2, 0.25) is 5.95 Å². The highest BCUT2D eigenvalue weighted by Gasteiger charge is 2.32. The van der Waals surface area contributed by atoms with E-state index in [0.29, 0.717) is 28.3 Å². The number of amides is 1. The average Bonchev–Trinajstić information content (AvgIpc) is 3.23. The highest BCUT2D eigenvalue weighted by atomic mass is 32.1. The number of hydrogen-bond acceptors (Lipinski definition) is 10. The number of carbonyl (C=O) groups excluding carboxylic acids is 1. The molecule has 1 aromatic carbocycles. The normalized spacial score (nSPS) is 20.3. The van der Waals surface area contributed by atoms with Crippen molar-refractivity contribution in [3.8, 4) is 22.5 Å². The highest BCUT2D eigenvalue weighted by Crippen LogP contribution is 2.31. The summed E-state index contributed by atoms with van der Waals surface area (Å²) in [5.74, 6) is -0.448. The second-order valence-electron chi connectivity index (χ2n) is 8.30. The minimum Gasteiger partial charge on any atom is -0.421 e. The van der Waals surface area contributed by atoms with Crippen molar-refractivity contribution in [1.29, 1.82) is 0 Å². The Morgan fingerprint density at radius 3 is 2.68 bits per heavy atom. The largest absolute Gasteiger partial charge is 0.421 e. The SMILES string of the molecule is C[C@@H]1CN(c2nc(Oc3ccc(C(=O)N(C)C)cc3F)nc(-c3cnc(N)s3)n2)[C@@H](C)[C@@H](C)O1. The smallest absolute Gasteiger partial charge is 0.327 e. The molecule has 10 nitrogen and oxygen atoms in total. The predicted octanol–water partition coefficient (Wildman–Crippen LogP) is 3.21. The van der Waals surface area contributed by atoms with E-state index in [4.69, 9.17) is 15.2 Å². The number of hydrogen-bond donors (Lipinski definition) is 1. The van der Waals surface area contributed by atoms with Crippen molar-refractivity contribution in [3.63, 3.8) is 0 Å². The first kappa shape index (κ1) is 23.8. The fraction of sp³-hybridized carbons (Fsp3) is 0.409. The molecular formula is C22H26FN7O3S. The van der Waals surface area contributed by atoms with Gasteiger partial charge in [0.05, 0.1) is 29.3 Å². The van der Waals surface area contributed by atoms with Crippen molar-refractivity contribution in [2.75, 3.05) is 31.3 Å². The number of benzene rings is 1. The zero-order valence-electron chi connectivity index (χ0n) is 19.5. The van der Waals surface area contributed by atoms with E-state index in [-0.39, 0.29) is 41.5 Å². The van der Waals surface area contributed by atoms with Gasteiger partial charge >= 0.3 is 6.01 Å². The molecule has 0 saturated carbocycles. The van der Waals surface area contributed by atoms with Crippen LogP contribution in [0.15, 0.2) is 24.4 Å². The molecule has 0 spiro atoms. The molecule has 3 heterocycles. The Balaban J connectivity index is 1.72. The van der Waals surface area contributed by atoms with E-state index in [1.807, 2.05) is 25.7 Å². The number of anilines is 2. The Kier molecular flexibility index (Phi) is 6.62. The van der Waals surface area contributed by atoms with Gasteiger partial charge < -0.3 is 25.0 Å². The van der Waals surface area contributed by atoms with Crippen LogP contribution in [0.2, 0.25) is 0 Å². The van der Waals surface area contributed by atoms with Crippen molar-refractivity contribution in [2.24, 2.45) is 0 Å². The number of ether oxygens (including phenoxy) is 2. The van der Waals surface area contributed by atoms with Gasteiger partial charge in [0.1, 0.15) is 0 Å². The van der Waals surface area contributed by atoms with E-state index < -0.39 is 5.82 Å². The van der Waals surface area contributed by atoms with Crippen LogP contribution in [0, 0.1) is 5.82 Å². The third-order valence-electron chi connectivity index (χ3n) is 5.46. The zero-order valence-corrected chi connectivity index (χ0v) is 20.3. The minimum absolute atomic E-state index is 0.0149. The Morgan fingerprint density at radius 1 is 1.26 bits per heavy atom. The highest BCUT2D eigenvalue weighted by molar-refractivity contribution is 7.18. The molecule has 0 aliphatic carbocycles. The molecule has 0 unspecified atom stereocenters. The molecule has 4 rings (SSSR count). The minimum atomic E-state index is -0.708. The molecule has 1 aliphatic heterocycles. The average molecular weight is 488 g/mol. The molecule has 2 aromatic heterocycles. The van der Waals surface area contributed by atoms with Crippen molar-refractivity contribution in [2.45, 2.75) is 39.0 Å². The third kappa shape index (κ3) is 4.92. The van der Waals surface area contributed by atoms with Crippen molar-refractivity contribution >= 4 is 28.3 Å². The second kappa shape index (κ2) is 9.47. The summed E-state index contributed by atoms with van der Waals surface area (Å²) in [4.78, 5) is 33.7. The maximum Gasteiger partial charge on any atom is 0.327 e. The Hall–Kier alpha value is -3.38. The summed E-state index contributed by atoms with van der Waals surface area (Å²) in [7, 11) is 3.19. The van der Waals surface area contributed by atoms with E-state index in [1.54, 1.807) is 20.3 Å². The van der Waals surface area contributed by atoms with Gasteiger partial charge in [-0.2, -0.15) is 15.0 Å². The maximum atomic E-state index is 14.8. The molecule has 3 atom stereocenters. The van der Waals surface area contributed by atoms with Gasteiger partial charge in [0.15, 0.2) is 22.5 Å². The Bertz CT molecular complexity index is 1200. The molecule has 34 heavy (non-hydrogen) atoms. The molecule has 1 saturated heterocycles. The van der Waals surface area contributed by atoms with Crippen LogP contribution >= 0.6 is 11.3 Å². The molecular weight excluding hydrogens is 461 g/mol. The van der Waals surface area contributed by atoms with Crippen molar-refractivity contribution in [3.05, 3.63) is 35.8 Å². The van der Waals surface area contributed by atoms with E-state index in [2.05, 4.69) is 19.9 Å². The van der Waals surface area contributed by atoms with Crippen molar-refractivity contribution < 1.29 is 18.7 Å². The van der Waals surface area contributed by atoms with Gasteiger partial charge in [0.25, 0.3) is 5.91 Å². The van der Waals surface area contributed by atoms with Crippen LogP contribution in [0.25, 0.3) is 10.7 Å². The predicted molar refractivity (Wildman–Crippen MR) is 127 cm³/mol. The summed E-state index contributed by atoms with van der Waals surface area (Å²) in [6.45, 7) is 6.55. The lowest BCUT2D eigenvalue weighted by Gasteiger charge is -2.41. The fourth-order valence-corrected chi connectivity index (χ4v) is 4.20. The van der Waals surface area contributed by atoms with Gasteiger partial charge in [0, 0.05) is 26.2 Å². The summed E-state index contributed by atoms with van der Waals surface area (Å²) in [5, 5.41) is 0.369. The molecule has 12 heteroatoms. The third-order valence-corrected chi connectivity index (χ3v) is 6.28. The number of aromatic nitrogens is 4. The molecule has 1 amide bonds. The van der Waals surface area contributed by atoms with E-state index in [1.165, 1.54) is 28.4 Å². The van der Waals surface area contributed by atoms with Gasteiger partial charge in [-0.25, -0.2) is 9.37 Å². The molecule has 2 N–H and O–H groups in total. The first-order valence-electron chi connectivity index (χ1n) is 10.7. The van der Waals surface area contributed by atoms with Crippen LogP contribution in [-0.4, -0.2) is 69.6 Å². The lowest BCUT2D eigenvalue weighted by Crippen LogP contribution is -2.52. The quantitative estimate of drug-likeness (QED) is 0.578. The number of nitrogen functional groups attached to an aromatic ring is 1. The molecule has 3 aromatic rings. The van der Waals surface area contributed by atoms with E-state index in [9.17, 15) is 9.18 Å². The summed E-state index contributed by atoms with van der Waals surface area (Å²) in [6.07, 6.45) is 1.49. The molecule has 0 radical (unpaired) electrons. The lowest BCUT2D eigenvalue weighted by molar-refractivity contribution is -0.0264. The van der Waals surface area contributed by atoms with Crippen LogP contribution < -0.4 is 15.4 Å². The van der Waals surface area contributed by atoms with Gasteiger partial charge in [-0.05, 0) is 39.0 Å². The Labute approximate surface area is 200 Å². The number of carbonyl (C=O) groups is 1. The molecule has 180 valence electrons. The van der Waals surface area contributed by atoms with Gasteiger partial charge in [-0.1, -0.05) is 11.3 Å². The van der Waals surface area contributed by atoms with Crippen molar-refractivity contribution in [1.82, 2.24) is 24.8 Å². The topological polar surface area (TPSA) is 120 Å². The summed E-state index contributed by atoms with van der Waals surface area (Å²) >= 11 is 1.22. The second-order valence-corrected chi connectivity index (χ2v) is 9.36. The standard InChI is InChI=1S/C22H26FN7O3S/c1-11-10-30(12(2)13(3)32-11)21-26-18(17-9-25-20(24)34-17)27-22(28-21)33-16-7-6-14(8-15(16)23)19(31)29(4)5/h6-9,11-13H,10H2,1-5H3,(H2,24,25)/t11-,12+,13-/m1/s1. The number of morpholine rings is 1. The molecule has 1 aliphatic rings.